The van der Waals surface area contributed by atoms with Gasteiger partial charge in [0.25, 0.3) is 0 Å². The Morgan fingerprint density at radius 2 is 0.926 bits per heavy atom. The molecule has 3 nitrogen and oxygen atoms in total. The van der Waals surface area contributed by atoms with E-state index in [1.54, 1.807) is 0 Å². The van der Waals surface area contributed by atoms with Crippen molar-refractivity contribution >= 4 is 27.8 Å². The van der Waals surface area contributed by atoms with E-state index in [1.165, 1.54) is 38.6 Å². The summed E-state index contributed by atoms with van der Waals surface area (Å²) < 4.78 is 0. The first kappa shape index (κ1) is 30.5. The lowest BCUT2D eigenvalue weighted by atomic mass is 9.66. The van der Waals surface area contributed by atoms with Crippen molar-refractivity contribution in [1.29, 1.82) is 0 Å². The quantitative estimate of drug-likeness (QED) is 0.184. The third-order valence-electron chi connectivity index (χ3n) is 11.3. The molecule has 252 valence electrons. The average molecular weight is 688 g/mol. The highest BCUT2D eigenvalue weighted by molar-refractivity contribution is 6.04. The van der Waals surface area contributed by atoms with Gasteiger partial charge in [0.1, 0.15) is 0 Å². The van der Waals surface area contributed by atoms with Crippen molar-refractivity contribution in [2.24, 2.45) is 0 Å². The fourth-order valence-corrected chi connectivity index (χ4v) is 8.99. The molecule has 1 aliphatic carbocycles. The Balaban J connectivity index is 1.26. The highest BCUT2D eigenvalue weighted by atomic mass is 15.2. The highest BCUT2D eigenvalue weighted by Crippen LogP contribution is 2.64. The summed E-state index contributed by atoms with van der Waals surface area (Å²) in [6.45, 7) is 0. The average Bonchev–Trinajstić information content (AvgIpc) is 3.54. The summed E-state index contributed by atoms with van der Waals surface area (Å²) in [7, 11) is 0. The van der Waals surface area contributed by atoms with Crippen LogP contribution in [0.1, 0.15) is 22.4 Å². The second-order valence-corrected chi connectivity index (χ2v) is 14.1. The van der Waals surface area contributed by atoms with Crippen LogP contribution in [0, 0.1) is 0 Å². The predicted octanol–water partition coefficient (Wildman–Crippen LogP) is 12.8. The number of benzene rings is 8. The van der Waals surface area contributed by atoms with Gasteiger partial charge in [-0.3, -0.25) is 0 Å². The number of hydrogen-bond acceptors (Lipinski definition) is 3. The Kier molecular flexibility index (Phi) is 6.77. The minimum atomic E-state index is -0.703. The molecule has 0 saturated heterocycles. The molecule has 9 aromatic rings. The molecule has 3 heteroatoms. The van der Waals surface area contributed by atoms with E-state index in [0.717, 1.165) is 50.7 Å². The first-order valence-electron chi connectivity index (χ1n) is 18.5. The van der Waals surface area contributed by atoms with Gasteiger partial charge in [0.05, 0.1) is 28.2 Å². The zero-order chi connectivity index (χ0) is 35.6. The highest BCUT2D eigenvalue weighted by Gasteiger charge is 2.54. The lowest BCUT2D eigenvalue weighted by Gasteiger charge is -2.44. The smallest absolute Gasteiger partial charge is 0.160 e. The van der Waals surface area contributed by atoms with E-state index in [4.69, 9.17) is 9.97 Å². The molecule has 1 spiro atoms. The van der Waals surface area contributed by atoms with Crippen molar-refractivity contribution in [3.8, 4) is 44.9 Å². The minimum absolute atomic E-state index is 0.703. The molecular weight excluding hydrogens is 655 g/mol. The number of fused-ring (bicyclic) bond motifs is 10. The van der Waals surface area contributed by atoms with Gasteiger partial charge in [-0.1, -0.05) is 176 Å². The van der Waals surface area contributed by atoms with Crippen LogP contribution in [0.2, 0.25) is 0 Å². The zero-order valence-corrected chi connectivity index (χ0v) is 29.4. The summed E-state index contributed by atoms with van der Waals surface area (Å²) in [6, 6.07) is 71.8. The van der Waals surface area contributed by atoms with Gasteiger partial charge in [-0.15, -0.1) is 0 Å². The summed E-state index contributed by atoms with van der Waals surface area (Å²) in [5.74, 6) is 0.712. The SMILES string of the molecule is c1ccc(-c2ccc(-c3nc(-c4cccc5ccccc45)c4c(n3)C3(c5ccccc5-4)c4ccccc4N(c4ccccc4)c4ccccc43)cc2)cc1. The molecule has 0 saturated carbocycles. The van der Waals surface area contributed by atoms with E-state index in [2.05, 4.69) is 205 Å². The van der Waals surface area contributed by atoms with Crippen molar-refractivity contribution in [1.82, 2.24) is 9.97 Å². The van der Waals surface area contributed by atoms with Gasteiger partial charge in [0.15, 0.2) is 5.82 Å². The number of nitrogens with zero attached hydrogens (tertiary/aromatic N) is 3. The fourth-order valence-electron chi connectivity index (χ4n) is 8.99. The van der Waals surface area contributed by atoms with Crippen molar-refractivity contribution in [3.05, 3.63) is 223 Å². The number of anilines is 3. The van der Waals surface area contributed by atoms with Gasteiger partial charge >= 0.3 is 0 Å². The van der Waals surface area contributed by atoms with E-state index in [1.807, 2.05) is 0 Å². The Labute approximate surface area is 314 Å². The summed E-state index contributed by atoms with van der Waals surface area (Å²) >= 11 is 0. The van der Waals surface area contributed by atoms with Crippen LogP contribution in [0.4, 0.5) is 17.1 Å². The molecule has 2 heterocycles. The summed E-state index contributed by atoms with van der Waals surface area (Å²) in [4.78, 5) is 13.7. The third-order valence-corrected chi connectivity index (χ3v) is 11.3. The maximum atomic E-state index is 5.75. The molecule has 0 amide bonds. The van der Waals surface area contributed by atoms with Crippen LogP contribution in [-0.2, 0) is 5.41 Å². The molecule has 0 atom stereocenters. The van der Waals surface area contributed by atoms with Crippen LogP contribution in [-0.4, -0.2) is 9.97 Å². The van der Waals surface area contributed by atoms with Gasteiger partial charge in [0.2, 0.25) is 0 Å². The number of aromatic nitrogens is 2. The van der Waals surface area contributed by atoms with E-state index >= 15 is 0 Å². The summed E-state index contributed by atoms with van der Waals surface area (Å²) in [6.07, 6.45) is 0. The molecule has 1 aromatic heterocycles. The van der Waals surface area contributed by atoms with Gasteiger partial charge in [-0.25, -0.2) is 9.97 Å². The van der Waals surface area contributed by atoms with E-state index in [9.17, 15) is 0 Å². The fraction of sp³-hybridized carbons (Fsp3) is 0.0196. The molecule has 0 N–H and O–H groups in total. The van der Waals surface area contributed by atoms with Crippen LogP contribution < -0.4 is 4.90 Å². The summed E-state index contributed by atoms with van der Waals surface area (Å²) in [5, 5.41) is 2.35. The van der Waals surface area contributed by atoms with Crippen LogP contribution >= 0.6 is 0 Å². The number of rotatable bonds is 4. The van der Waals surface area contributed by atoms with E-state index < -0.39 is 5.41 Å². The first-order valence-corrected chi connectivity index (χ1v) is 18.5. The molecule has 0 fully saturated rings. The van der Waals surface area contributed by atoms with Crippen LogP contribution in [0.5, 0.6) is 0 Å². The van der Waals surface area contributed by atoms with Crippen LogP contribution in [0.3, 0.4) is 0 Å². The van der Waals surface area contributed by atoms with Gasteiger partial charge < -0.3 is 4.90 Å². The maximum Gasteiger partial charge on any atom is 0.160 e. The van der Waals surface area contributed by atoms with Crippen molar-refractivity contribution in [2.75, 3.05) is 4.90 Å². The van der Waals surface area contributed by atoms with Gasteiger partial charge in [-0.05, 0) is 68.4 Å². The Morgan fingerprint density at radius 1 is 0.389 bits per heavy atom. The largest absolute Gasteiger partial charge is 0.310 e. The number of para-hydroxylation sites is 3. The van der Waals surface area contributed by atoms with Crippen molar-refractivity contribution in [3.63, 3.8) is 0 Å². The molecule has 54 heavy (non-hydrogen) atoms. The molecule has 11 rings (SSSR count). The van der Waals surface area contributed by atoms with Crippen LogP contribution in [0.25, 0.3) is 55.7 Å². The van der Waals surface area contributed by atoms with Gasteiger partial charge in [0, 0.05) is 22.4 Å². The molecule has 0 radical (unpaired) electrons. The summed E-state index contributed by atoms with van der Waals surface area (Å²) in [5.41, 5.74) is 15.0. The monoisotopic (exact) mass is 687 g/mol. The van der Waals surface area contributed by atoms with E-state index in [-0.39, 0.29) is 0 Å². The Morgan fingerprint density at radius 3 is 1.67 bits per heavy atom. The Bertz CT molecular complexity index is 2830. The molecule has 0 bridgehead atoms. The molecule has 8 aromatic carbocycles. The van der Waals surface area contributed by atoms with Crippen LogP contribution in [0.15, 0.2) is 200 Å². The topological polar surface area (TPSA) is 29.0 Å². The standard InChI is InChI=1S/C51H33N3/c1-3-16-34(17-4-1)35-30-32-37(33-31-35)50-52-48(40-24-15-19-36-18-7-8-22-39(36)40)47-41-23-9-10-25-42(41)51(49(47)53-50)43-26-11-13-28-45(43)54(38-20-5-2-6-21-38)46-29-14-12-27-44(46)51/h1-33H. The second kappa shape index (κ2) is 12.0. The van der Waals surface area contributed by atoms with Gasteiger partial charge in [-0.2, -0.15) is 0 Å². The molecule has 1 aliphatic heterocycles. The first-order chi connectivity index (χ1) is 26.8. The second-order valence-electron chi connectivity index (χ2n) is 14.1. The van der Waals surface area contributed by atoms with Crippen molar-refractivity contribution < 1.29 is 0 Å². The molecule has 0 unspecified atom stereocenters. The maximum absolute atomic E-state index is 5.75. The van der Waals surface area contributed by atoms with Crippen molar-refractivity contribution in [2.45, 2.75) is 5.41 Å². The third kappa shape index (κ3) is 4.36. The predicted molar refractivity (Wildman–Crippen MR) is 221 cm³/mol. The molecular formula is C51H33N3. The molecule has 2 aliphatic rings. The minimum Gasteiger partial charge on any atom is -0.310 e. The lowest BCUT2D eigenvalue weighted by Crippen LogP contribution is -2.37. The Hall–Kier alpha value is -7.10. The zero-order valence-electron chi connectivity index (χ0n) is 29.4. The lowest BCUT2D eigenvalue weighted by molar-refractivity contribution is 0.723. The normalized spacial score (nSPS) is 13.3. The van der Waals surface area contributed by atoms with E-state index in [0.29, 0.717) is 5.82 Å². The number of hydrogen-bond donors (Lipinski definition) is 0.